The highest BCUT2D eigenvalue weighted by Gasteiger charge is 2.12. The molecule has 0 spiro atoms. The minimum Gasteiger partial charge on any atom is -0.471 e. The van der Waals surface area contributed by atoms with Crippen molar-refractivity contribution in [2.24, 2.45) is 0 Å². The Morgan fingerprint density at radius 3 is 2.55 bits per heavy atom. The van der Waals surface area contributed by atoms with Gasteiger partial charge in [0.25, 0.3) is 5.91 Å². The molecule has 0 aliphatic heterocycles. The lowest BCUT2D eigenvalue weighted by Gasteiger charge is -2.09. The van der Waals surface area contributed by atoms with E-state index in [1.165, 1.54) is 17.7 Å². The monoisotopic (exact) mass is 467 g/mol. The lowest BCUT2D eigenvalue weighted by atomic mass is 10.0. The lowest BCUT2D eigenvalue weighted by Crippen LogP contribution is -2.15. The van der Waals surface area contributed by atoms with Crippen LogP contribution in [0.3, 0.4) is 0 Å². The number of aromatic nitrogens is 4. The summed E-state index contributed by atoms with van der Waals surface area (Å²) in [5.41, 5.74) is 2.20. The van der Waals surface area contributed by atoms with Crippen molar-refractivity contribution in [2.75, 3.05) is 5.32 Å². The Hall–Kier alpha value is -3.65. The molecule has 0 saturated heterocycles. The van der Waals surface area contributed by atoms with Crippen molar-refractivity contribution in [3.05, 3.63) is 94.7 Å². The Kier molecular flexibility index (Phi) is 6.74. The molecule has 0 aliphatic rings. The molecule has 7 nitrogen and oxygen atoms in total. The molecule has 1 amide bonds. The van der Waals surface area contributed by atoms with Gasteiger partial charge in [0.2, 0.25) is 0 Å². The van der Waals surface area contributed by atoms with Crippen molar-refractivity contribution in [3.63, 3.8) is 0 Å². The van der Waals surface area contributed by atoms with Gasteiger partial charge in [0.1, 0.15) is 11.6 Å². The van der Waals surface area contributed by atoms with Gasteiger partial charge in [-0.1, -0.05) is 43.6 Å². The summed E-state index contributed by atoms with van der Waals surface area (Å²) < 4.78 is 22.1. The van der Waals surface area contributed by atoms with Crippen LogP contribution in [0.2, 0.25) is 5.02 Å². The van der Waals surface area contributed by atoms with E-state index in [-0.39, 0.29) is 18.3 Å². The fraction of sp³-hybridized carbons (Fsp3) is 0.208. The second-order valence-electron chi connectivity index (χ2n) is 7.83. The Morgan fingerprint density at radius 1 is 1.06 bits per heavy atom. The third-order valence-electron chi connectivity index (χ3n) is 5.01. The Balaban J connectivity index is 1.32. The number of rotatable bonds is 8. The standard InChI is InChI=1S/C24H23ClFN5O2/c1-16(2)17-4-7-20(8-5-17)33-15-31-11-9-22(28-31)24(32)27-23-10-12-30(29-23)14-18-3-6-19(26)13-21(18)25/h3-13,16H,14-15H2,1-2H3,(H,27,29,32). The first-order valence-electron chi connectivity index (χ1n) is 10.4. The van der Waals surface area contributed by atoms with Crippen molar-refractivity contribution in [1.82, 2.24) is 19.6 Å². The van der Waals surface area contributed by atoms with Gasteiger partial charge in [-0.15, -0.1) is 0 Å². The van der Waals surface area contributed by atoms with E-state index in [4.69, 9.17) is 16.3 Å². The first kappa shape index (κ1) is 22.5. The molecule has 0 aliphatic carbocycles. The van der Waals surface area contributed by atoms with Gasteiger partial charge in [0.15, 0.2) is 18.2 Å². The topological polar surface area (TPSA) is 74.0 Å². The molecule has 0 fully saturated rings. The number of amides is 1. The second kappa shape index (κ2) is 9.87. The molecule has 2 aromatic carbocycles. The predicted molar refractivity (Wildman–Crippen MR) is 124 cm³/mol. The van der Waals surface area contributed by atoms with Crippen LogP contribution in [0.4, 0.5) is 10.2 Å². The van der Waals surface area contributed by atoms with Crippen molar-refractivity contribution < 1.29 is 13.9 Å². The van der Waals surface area contributed by atoms with E-state index in [2.05, 4.69) is 29.4 Å². The fourth-order valence-electron chi connectivity index (χ4n) is 3.17. The quantitative estimate of drug-likeness (QED) is 0.380. The van der Waals surface area contributed by atoms with Gasteiger partial charge < -0.3 is 10.1 Å². The minimum atomic E-state index is -0.397. The molecule has 4 aromatic rings. The number of nitrogens with one attached hydrogen (secondary N) is 1. The van der Waals surface area contributed by atoms with Crippen molar-refractivity contribution in [3.8, 4) is 5.75 Å². The zero-order chi connectivity index (χ0) is 23.4. The van der Waals surface area contributed by atoms with Crippen LogP contribution in [0.1, 0.15) is 41.4 Å². The average molecular weight is 468 g/mol. The van der Waals surface area contributed by atoms with Crippen LogP contribution in [-0.4, -0.2) is 25.5 Å². The van der Waals surface area contributed by atoms with Gasteiger partial charge in [-0.05, 0) is 47.4 Å². The number of ether oxygens (including phenoxy) is 1. The van der Waals surface area contributed by atoms with Gasteiger partial charge >= 0.3 is 0 Å². The smallest absolute Gasteiger partial charge is 0.277 e. The van der Waals surface area contributed by atoms with Gasteiger partial charge in [0, 0.05) is 23.5 Å². The highest BCUT2D eigenvalue weighted by molar-refractivity contribution is 6.31. The lowest BCUT2D eigenvalue weighted by molar-refractivity contribution is 0.101. The Morgan fingerprint density at radius 2 is 1.82 bits per heavy atom. The van der Waals surface area contributed by atoms with E-state index >= 15 is 0 Å². The summed E-state index contributed by atoms with van der Waals surface area (Å²) in [4.78, 5) is 12.5. The number of anilines is 1. The maximum Gasteiger partial charge on any atom is 0.277 e. The molecule has 0 atom stereocenters. The summed E-state index contributed by atoms with van der Waals surface area (Å²) in [5, 5.41) is 11.6. The normalized spacial score (nSPS) is 11.1. The first-order valence-corrected chi connectivity index (χ1v) is 10.8. The Labute approximate surface area is 195 Å². The number of benzene rings is 2. The largest absolute Gasteiger partial charge is 0.471 e. The van der Waals surface area contributed by atoms with E-state index in [1.807, 2.05) is 24.3 Å². The van der Waals surface area contributed by atoms with Crippen molar-refractivity contribution in [1.29, 1.82) is 0 Å². The molecule has 33 heavy (non-hydrogen) atoms. The summed E-state index contributed by atoms with van der Waals surface area (Å²) in [6.45, 7) is 4.80. The number of carbonyl (C=O) groups is 1. The second-order valence-corrected chi connectivity index (χ2v) is 8.23. The highest BCUT2D eigenvalue weighted by atomic mass is 35.5. The number of halogens is 2. The van der Waals surface area contributed by atoms with Gasteiger partial charge in [0.05, 0.1) is 6.54 Å². The van der Waals surface area contributed by atoms with Crippen LogP contribution in [0, 0.1) is 5.82 Å². The predicted octanol–water partition coefficient (Wildman–Crippen LogP) is 5.33. The molecule has 0 unspecified atom stereocenters. The van der Waals surface area contributed by atoms with Gasteiger partial charge in [-0.3, -0.25) is 9.48 Å². The van der Waals surface area contributed by atoms with Crippen LogP contribution < -0.4 is 10.1 Å². The van der Waals surface area contributed by atoms with Crippen molar-refractivity contribution >= 4 is 23.3 Å². The molecule has 2 aromatic heterocycles. The summed E-state index contributed by atoms with van der Waals surface area (Å²) in [6.07, 6.45) is 3.37. The third-order valence-corrected chi connectivity index (χ3v) is 5.37. The third kappa shape index (κ3) is 5.78. The first-order chi connectivity index (χ1) is 15.9. The van der Waals surface area contributed by atoms with Crippen LogP contribution in [0.15, 0.2) is 67.0 Å². The summed E-state index contributed by atoms with van der Waals surface area (Å²) >= 11 is 6.07. The molecule has 9 heteroatoms. The summed E-state index contributed by atoms with van der Waals surface area (Å²) in [5.74, 6) is 0.770. The molecular formula is C24H23ClFN5O2. The van der Waals surface area contributed by atoms with Gasteiger partial charge in [-0.2, -0.15) is 10.2 Å². The maximum absolute atomic E-state index is 13.2. The minimum absolute atomic E-state index is 0.182. The van der Waals surface area contributed by atoms with E-state index in [1.54, 1.807) is 40.0 Å². The number of nitrogens with zero attached hydrogens (tertiary/aromatic N) is 4. The van der Waals surface area contributed by atoms with Crippen molar-refractivity contribution in [2.45, 2.75) is 33.0 Å². The number of hydrogen-bond donors (Lipinski definition) is 1. The van der Waals surface area contributed by atoms with Crippen LogP contribution in [0.25, 0.3) is 0 Å². The zero-order valence-electron chi connectivity index (χ0n) is 18.2. The molecule has 0 radical (unpaired) electrons. The molecule has 4 rings (SSSR count). The number of carbonyl (C=O) groups excluding carboxylic acids is 1. The highest BCUT2D eigenvalue weighted by Crippen LogP contribution is 2.20. The van der Waals surface area contributed by atoms with E-state index in [0.29, 0.717) is 23.3 Å². The van der Waals surface area contributed by atoms with E-state index in [0.717, 1.165) is 11.3 Å². The molecule has 0 saturated carbocycles. The van der Waals surface area contributed by atoms with Crippen LogP contribution in [0.5, 0.6) is 5.75 Å². The average Bonchev–Trinajstić information content (AvgIpc) is 3.44. The molecule has 170 valence electrons. The van der Waals surface area contributed by atoms with Gasteiger partial charge in [-0.25, -0.2) is 9.07 Å². The van der Waals surface area contributed by atoms with E-state index < -0.39 is 5.82 Å². The van der Waals surface area contributed by atoms with Crippen LogP contribution in [-0.2, 0) is 13.3 Å². The summed E-state index contributed by atoms with van der Waals surface area (Å²) in [6, 6.07) is 15.4. The molecule has 1 N–H and O–H groups in total. The Bertz CT molecular complexity index is 1250. The number of hydrogen-bond acceptors (Lipinski definition) is 4. The van der Waals surface area contributed by atoms with E-state index in [9.17, 15) is 9.18 Å². The maximum atomic E-state index is 13.2. The fourth-order valence-corrected chi connectivity index (χ4v) is 3.39. The summed E-state index contributed by atoms with van der Waals surface area (Å²) in [7, 11) is 0. The zero-order valence-corrected chi connectivity index (χ0v) is 19.0. The molecule has 2 heterocycles. The SMILES string of the molecule is CC(C)c1ccc(OCn2ccc(C(=O)Nc3ccn(Cc4ccc(F)cc4Cl)n3)n2)cc1. The molecular weight excluding hydrogens is 445 g/mol. The molecule has 0 bridgehead atoms. The van der Waals surface area contributed by atoms with Crippen LogP contribution >= 0.6 is 11.6 Å².